The zero-order chi connectivity index (χ0) is 13.8. The van der Waals surface area contributed by atoms with E-state index in [-0.39, 0.29) is 11.6 Å². The molecule has 0 N–H and O–H groups in total. The summed E-state index contributed by atoms with van der Waals surface area (Å²) in [5.41, 5.74) is 0.571. The minimum Gasteiger partial charge on any atom is -0.456 e. The molecule has 0 fully saturated rings. The van der Waals surface area contributed by atoms with Crippen LogP contribution in [0.15, 0.2) is 46.9 Å². The first-order chi connectivity index (χ1) is 9.11. The van der Waals surface area contributed by atoms with Crippen LogP contribution in [0.4, 0.5) is 5.69 Å². The predicted octanol–water partition coefficient (Wildman–Crippen LogP) is 4.89. The summed E-state index contributed by atoms with van der Waals surface area (Å²) < 4.78 is 6.51. The Bertz CT molecular complexity index is 619. The molecule has 0 aliphatic heterocycles. The zero-order valence-corrected chi connectivity index (χ0v) is 12.0. The highest BCUT2D eigenvalue weighted by Gasteiger charge is 2.12. The Morgan fingerprint density at radius 2 is 1.95 bits per heavy atom. The molecule has 19 heavy (non-hydrogen) atoms. The molecule has 0 aliphatic carbocycles. The van der Waals surface area contributed by atoms with E-state index in [1.54, 1.807) is 12.1 Å². The number of alkyl halides is 1. The Hall–Kier alpha value is -1.59. The van der Waals surface area contributed by atoms with Crippen molar-refractivity contribution in [3.63, 3.8) is 0 Å². The van der Waals surface area contributed by atoms with Crippen LogP contribution in [-0.2, 0) is 5.88 Å². The van der Waals surface area contributed by atoms with E-state index in [9.17, 15) is 10.1 Å². The van der Waals surface area contributed by atoms with Crippen LogP contribution < -0.4 is 4.74 Å². The first-order valence-electron chi connectivity index (χ1n) is 5.37. The van der Waals surface area contributed by atoms with Gasteiger partial charge < -0.3 is 4.74 Å². The Balaban J connectivity index is 2.35. The molecule has 0 heterocycles. The first-order valence-corrected chi connectivity index (χ1v) is 6.70. The van der Waals surface area contributed by atoms with Gasteiger partial charge in [0.05, 0.1) is 15.3 Å². The van der Waals surface area contributed by atoms with Crippen LogP contribution >= 0.6 is 27.5 Å². The molecule has 0 amide bonds. The van der Waals surface area contributed by atoms with Gasteiger partial charge in [-0.05, 0) is 34.1 Å². The number of rotatable bonds is 4. The number of hydrogen-bond donors (Lipinski definition) is 0. The van der Waals surface area contributed by atoms with Crippen LogP contribution in [-0.4, -0.2) is 4.92 Å². The summed E-state index contributed by atoms with van der Waals surface area (Å²) >= 11 is 9.17. The van der Waals surface area contributed by atoms with E-state index < -0.39 is 4.92 Å². The van der Waals surface area contributed by atoms with Crippen LogP contribution in [0.25, 0.3) is 0 Å². The first kappa shape index (κ1) is 13.8. The summed E-state index contributed by atoms with van der Waals surface area (Å²) in [5, 5.41) is 10.7. The third kappa shape index (κ3) is 3.24. The number of nitrogens with zero attached hydrogens (tertiary/aromatic N) is 1. The predicted molar refractivity (Wildman–Crippen MR) is 76.9 cm³/mol. The quantitative estimate of drug-likeness (QED) is 0.451. The molecule has 0 aliphatic rings. The lowest BCUT2D eigenvalue weighted by atomic mass is 10.2. The zero-order valence-electron chi connectivity index (χ0n) is 9.68. The third-order valence-electron chi connectivity index (χ3n) is 2.46. The van der Waals surface area contributed by atoms with Crippen molar-refractivity contribution in [2.75, 3.05) is 0 Å². The fourth-order valence-electron chi connectivity index (χ4n) is 1.53. The van der Waals surface area contributed by atoms with Gasteiger partial charge in [-0.1, -0.05) is 12.1 Å². The maximum Gasteiger partial charge on any atom is 0.270 e. The van der Waals surface area contributed by atoms with Crippen molar-refractivity contribution in [1.29, 1.82) is 0 Å². The molecule has 98 valence electrons. The Morgan fingerprint density at radius 1 is 1.21 bits per heavy atom. The Morgan fingerprint density at radius 3 is 2.58 bits per heavy atom. The van der Waals surface area contributed by atoms with Crippen molar-refractivity contribution < 1.29 is 9.66 Å². The lowest BCUT2D eigenvalue weighted by Gasteiger charge is -2.10. The lowest BCUT2D eigenvalue weighted by Crippen LogP contribution is -1.94. The van der Waals surface area contributed by atoms with Crippen molar-refractivity contribution in [1.82, 2.24) is 0 Å². The van der Waals surface area contributed by atoms with Gasteiger partial charge in [-0.3, -0.25) is 10.1 Å². The van der Waals surface area contributed by atoms with Gasteiger partial charge in [-0.2, -0.15) is 0 Å². The lowest BCUT2D eigenvalue weighted by molar-refractivity contribution is -0.384. The molecule has 0 unspecified atom stereocenters. The standard InChI is InChI=1S/C13H9BrClNO3/c14-11-3-1-2-4-13(11)19-12-6-5-10(16(17)18)7-9(12)8-15/h1-7H,8H2. The second kappa shape index (κ2) is 6.04. The van der Waals surface area contributed by atoms with Gasteiger partial charge in [0.2, 0.25) is 0 Å². The molecule has 2 aromatic carbocycles. The molecule has 0 radical (unpaired) electrons. The molecule has 6 heteroatoms. The SMILES string of the molecule is O=[N+]([O-])c1ccc(Oc2ccccc2Br)c(CCl)c1. The van der Waals surface area contributed by atoms with E-state index in [2.05, 4.69) is 15.9 Å². The summed E-state index contributed by atoms with van der Waals surface area (Å²) in [6.07, 6.45) is 0. The van der Waals surface area contributed by atoms with Crippen molar-refractivity contribution >= 4 is 33.2 Å². The van der Waals surface area contributed by atoms with E-state index in [0.29, 0.717) is 17.1 Å². The normalized spacial score (nSPS) is 10.2. The Labute approximate surface area is 123 Å². The highest BCUT2D eigenvalue weighted by molar-refractivity contribution is 9.10. The van der Waals surface area contributed by atoms with Crippen LogP contribution in [0.2, 0.25) is 0 Å². The molecule has 0 aromatic heterocycles. The maximum absolute atomic E-state index is 10.7. The van der Waals surface area contributed by atoms with Crippen LogP contribution in [0, 0.1) is 10.1 Å². The van der Waals surface area contributed by atoms with Crippen molar-refractivity contribution in [3.8, 4) is 11.5 Å². The summed E-state index contributed by atoms with van der Waals surface area (Å²) in [4.78, 5) is 10.2. The van der Waals surface area contributed by atoms with E-state index in [1.807, 2.05) is 18.2 Å². The molecule has 0 bridgehead atoms. The minimum atomic E-state index is -0.460. The number of halogens is 2. The van der Waals surface area contributed by atoms with Crippen molar-refractivity contribution in [2.24, 2.45) is 0 Å². The highest BCUT2D eigenvalue weighted by atomic mass is 79.9. The van der Waals surface area contributed by atoms with Crippen LogP contribution in [0.5, 0.6) is 11.5 Å². The van der Waals surface area contributed by atoms with E-state index in [0.717, 1.165) is 4.47 Å². The molecule has 0 spiro atoms. The smallest absolute Gasteiger partial charge is 0.270 e. The average Bonchev–Trinajstić information content (AvgIpc) is 2.41. The monoisotopic (exact) mass is 341 g/mol. The minimum absolute atomic E-state index is 0.00451. The van der Waals surface area contributed by atoms with Crippen molar-refractivity contribution in [2.45, 2.75) is 5.88 Å². The number of nitro groups is 1. The number of para-hydroxylation sites is 1. The molecule has 2 aromatic rings. The van der Waals surface area contributed by atoms with Gasteiger partial charge in [-0.25, -0.2) is 0 Å². The van der Waals surface area contributed by atoms with Gasteiger partial charge in [0.15, 0.2) is 0 Å². The van der Waals surface area contributed by atoms with Gasteiger partial charge in [0.25, 0.3) is 5.69 Å². The van der Waals surface area contributed by atoms with Crippen molar-refractivity contribution in [3.05, 3.63) is 62.6 Å². The molecule has 0 atom stereocenters. The van der Waals surface area contributed by atoms with Gasteiger partial charge in [0.1, 0.15) is 11.5 Å². The second-order valence-electron chi connectivity index (χ2n) is 3.72. The molecular weight excluding hydrogens is 334 g/mol. The number of hydrogen-bond acceptors (Lipinski definition) is 3. The summed E-state index contributed by atoms with van der Waals surface area (Å²) in [6.45, 7) is 0. The molecule has 0 saturated heterocycles. The van der Waals surface area contributed by atoms with Gasteiger partial charge in [0, 0.05) is 17.7 Å². The van der Waals surface area contributed by atoms with Gasteiger partial charge >= 0.3 is 0 Å². The fourth-order valence-corrected chi connectivity index (χ4v) is 2.10. The molecule has 4 nitrogen and oxygen atoms in total. The van der Waals surface area contributed by atoms with E-state index in [1.165, 1.54) is 12.1 Å². The molecular formula is C13H9BrClNO3. The van der Waals surface area contributed by atoms with E-state index in [4.69, 9.17) is 16.3 Å². The molecule has 2 rings (SSSR count). The van der Waals surface area contributed by atoms with Gasteiger partial charge in [-0.15, -0.1) is 11.6 Å². The molecule has 0 saturated carbocycles. The summed E-state index contributed by atoms with van der Waals surface area (Å²) in [5.74, 6) is 1.27. The van der Waals surface area contributed by atoms with Crippen LogP contribution in [0.3, 0.4) is 0 Å². The Kier molecular flexibility index (Phi) is 4.39. The largest absolute Gasteiger partial charge is 0.456 e. The second-order valence-corrected chi connectivity index (χ2v) is 4.84. The summed E-state index contributed by atoms with van der Waals surface area (Å²) in [7, 11) is 0. The number of non-ortho nitro benzene ring substituents is 1. The van der Waals surface area contributed by atoms with Crippen LogP contribution in [0.1, 0.15) is 5.56 Å². The van der Waals surface area contributed by atoms with E-state index >= 15 is 0 Å². The maximum atomic E-state index is 10.7. The average molecular weight is 343 g/mol. The third-order valence-corrected chi connectivity index (χ3v) is 3.40. The number of ether oxygens (including phenoxy) is 1. The summed E-state index contributed by atoms with van der Waals surface area (Å²) in [6, 6.07) is 11.7. The fraction of sp³-hybridized carbons (Fsp3) is 0.0769. The topological polar surface area (TPSA) is 52.4 Å². The number of nitro benzene ring substituents is 1. The number of benzene rings is 2. The highest BCUT2D eigenvalue weighted by Crippen LogP contribution is 2.33.